The molecular weight excluding hydrogens is 401 g/mol. The summed E-state index contributed by atoms with van der Waals surface area (Å²) >= 11 is 0. The fourth-order valence-electron chi connectivity index (χ4n) is 2.82. The first-order valence-electron chi connectivity index (χ1n) is 10.3. The van der Waals surface area contributed by atoms with Crippen LogP contribution in [-0.2, 0) is 15.7 Å². The quantitative estimate of drug-likeness (QED) is 0.318. The van der Waals surface area contributed by atoms with Crippen LogP contribution in [0.4, 0.5) is 13.2 Å². The smallest absolute Gasteiger partial charge is 0.417 e. The third-order valence-corrected chi connectivity index (χ3v) is 4.46. The molecule has 1 aliphatic heterocycles. The number of nitrogens with one attached hydrogen (secondary N) is 2. The number of nitrogens with zero attached hydrogens (tertiary/aromatic N) is 2. The van der Waals surface area contributed by atoms with Crippen molar-refractivity contribution in [2.45, 2.75) is 32.4 Å². The molecule has 1 aliphatic rings. The maximum absolute atomic E-state index is 12.5. The Labute approximate surface area is 175 Å². The van der Waals surface area contributed by atoms with Crippen LogP contribution in [0.2, 0.25) is 0 Å². The Kier molecular flexibility index (Phi) is 10.7. The zero-order valence-electron chi connectivity index (χ0n) is 17.3. The highest BCUT2D eigenvalue weighted by Gasteiger charge is 2.30. The van der Waals surface area contributed by atoms with Gasteiger partial charge in [0, 0.05) is 51.8 Å². The van der Waals surface area contributed by atoms with E-state index < -0.39 is 11.7 Å². The van der Waals surface area contributed by atoms with Crippen LogP contribution in [0.1, 0.15) is 31.7 Å². The molecule has 0 atom stereocenters. The van der Waals surface area contributed by atoms with Gasteiger partial charge in [0.15, 0.2) is 5.96 Å². The normalized spacial score (nSPS) is 15.8. The topological polar surface area (TPSA) is 77.0 Å². The van der Waals surface area contributed by atoms with Gasteiger partial charge in [0.1, 0.15) is 6.61 Å². The molecule has 0 unspecified atom stereocenters. The molecule has 2 rings (SSSR count). The van der Waals surface area contributed by atoms with Crippen LogP contribution in [0.15, 0.2) is 23.3 Å². The molecule has 30 heavy (non-hydrogen) atoms. The summed E-state index contributed by atoms with van der Waals surface area (Å²) < 4.78 is 54.0. The van der Waals surface area contributed by atoms with Gasteiger partial charge in [-0.15, -0.1) is 0 Å². The minimum absolute atomic E-state index is 0.147. The molecule has 0 bridgehead atoms. The van der Waals surface area contributed by atoms with Crippen LogP contribution >= 0.6 is 0 Å². The molecule has 170 valence electrons. The van der Waals surface area contributed by atoms with Gasteiger partial charge in [-0.25, -0.2) is 4.98 Å². The second-order valence-corrected chi connectivity index (χ2v) is 6.90. The first kappa shape index (κ1) is 24.2. The van der Waals surface area contributed by atoms with Crippen LogP contribution in [0.5, 0.6) is 5.88 Å². The lowest BCUT2D eigenvalue weighted by Crippen LogP contribution is -2.39. The molecule has 1 aromatic heterocycles. The first-order chi connectivity index (χ1) is 14.5. The minimum atomic E-state index is -4.40. The van der Waals surface area contributed by atoms with E-state index in [-0.39, 0.29) is 12.5 Å². The maximum atomic E-state index is 12.5. The summed E-state index contributed by atoms with van der Waals surface area (Å²) in [6, 6.07) is 2.16. The summed E-state index contributed by atoms with van der Waals surface area (Å²) in [7, 11) is 0. The van der Waals surface area contributed by atoms with Crippen LogP contribution in [0.25, 0.3) is 0 Å². The number of alkyl halides is 3. The number of ether oxygens (including phenoxy) is 3. The third-order valence-electron chi connectivity index (χ3n) is 4.46. The molecule has 0 spiro atoms. The van der Waals surface area contributed by atoms with Crippen molar-refractivity contribution in [3.8, 4) is 5.88 Å². The number of halogens is 3. The molecule has 0 aromatic carbocycles. The van der Waals surface area contributed by atoms with Gasteiger partial charge in [-0.3, -0.25) is 4.99 Å². The van der Waals surface area contributed by atoms with Gasteiger partial charge in [0.05, 0.1) is 12.1 Å². The molecule has 10 heteroatoms. The second kappa shape index (κ2) is 13.3. The average molecular weight is 432 g/mol. The average Bonchev–Trinajstić information content (AvgIpc) is 2.74. The number of pyridine rings is 1. The summed E-state index contributed by atoms with van der Waals surface area (Å²) in [4.78, 5) is 8.15. The number of hydrogen-bond acceptors (Lipinski definition) is 5. The van der Waals surface area contributed by atoms with E-state index in [2.05, 4.69) is 20.6 Å². The van der Waals surface area contributed by atoms with Crippen molar-refractivity contribution in [2.24, 2.45) is 10.9 Å². The number of guanidine groups is 1. The highest BCUT2D eigenvalue weighted by Crippen LogP contribution is 2.29. The molecule has 0 aliphatic carbocycles. The lowest BCUT2D eigenvalue weighted by molar-refractivity contribution is -0.137. The molecule has 2 N–H and O–H groups in total. The van der Waals surface area contributed by atoms with Crippen LogP contribution in [-0.4, -0.2) is 63.6 Å². The van der Waals surface area contributed by atoms with Gasteiger partial charge in [-0.2, -0.15) is 13.2 Å². The van der Waals surface area contributed by atoms with E-state index in [0.717, 1.165) is 51.3 Å². The fourth-order valence-corrected chi connectivity index (χ4v) is 2.82. The Balaban J connectivity index is 1.59. The highest BCUT2D eigenvalue weighted by atomic mass is 19.4. The molecule has 7 nitrogen and oxygen atoms in total. The van der Waals surface area contributed by atoms with E-state index in [0.29, 0.717) is 38.1 Å². The molecule has 1 fully saturated rings. The van der Waals surface area contributed by atoms with Gasteiger partial charge in [0.25, 0.3) is 0 Å². The van der Waals surface area contributed by atoms with Crippen molar-refractivity contribution in [3.63, 3.8) is 0 Å². The van der Waals surface area contributed by atoms with Crippen molar-refractivity contribution in [1.29, 1.82) is 0 Å². The molecule has 1 saturated heterocycles. The molecule has 1 aromatic rings. The lowest BCUT2D eigenvalue weighted by atomic mass is 10.0. The summed E-state index contributed by atoms with van der Waals surface area (Å²) in [6.45, 7) is 7.10. The molecular formula is C20H31F3N4O3. The highest BCUT2D eigenvalue weighted by molar-refractivity contribution is 5.79. The van der Waals surface area contributed by atoms with E-state index in [9.17, 15) is 13.2 Å². The standard InChI is InChI=1S/C20H31F3N4O3/c1-2-24-19(25-8-3-10-29-15-16-6-11-28-12-7-16)26-9-13-30-18-5-4-17(14-27-18)20(21,22)23/h4-5,14,16H,2-3,6-13,15H2,1H3,(H2,24,25,26). The minimum Gasteiger partial charge on any atom is -0.476 e. The maximum Gasteiger partial charge on any atom is 0.417 e. The zero-order chi connectivity index (χ0) is 21.7. The van der Waals surface area contributed by atoms with Crippen molar-refractivity contribution >= 4 is 5.96 Å². The predicted molar refractivity (Wildman–Crippen MR) is 108 cm³/mol. The van der Waals surface area contributed by atoms with E-state index in [1.54, 1.807) is 0 Å². The zero-order valence-corrected chi connectivity index (χ0v) is 17.3. The number of hydrogen-bond donors (Lipinski definition) is 2. The van der Waals surface area contributed by atoms with Crippen molar-refractivity contribution in [3.05, 3.63) is 23.9 Å². The van der Waals surface area contributed by atoms with Gasteiger partial charge in [0.2, 0.25) is 5.88 Å². The summed E-state index contributed by atoms with van der Waals surface area (Å²) in [5, 5.41) is 6.26. The van der Waals surface area contributed by atoms with Crippen LogP contribution in [0.3, 0.4) is 0 Å². The Morgan fingerprint density at radius 2 is 2.03 bits per heavy atom. The number of aromatic nitrogens is 1. The van der Waals surface area contributed by atoms with Crippen molar-refractivity contribution in [2.75, 3.05) is 52.7 Å². The van der Waals surface area contributed by atoms with E-state index >= 15 is 0 Å². The third kappa shape index (κ3) is 9.62. The molecule has 0 saturated carbocycles. The van der Waals surface area contributed by atoms with Crippen LogP contribution in [0, 0.1) is 5.92 Å². The van der Waals surface area contributed by atoms with E-state index in [1.165, 1.54) is 6.07 Å². The largest absolute Gasteiger partial charge is 0.476 e. The monoisotopic (exact) mass is 432 g/mol. The van der Waals surface area contributed by atoms with E-state index in [4.69, 9.17) is 14.2 Å². The SMILES string of the molecule is CCNC(=NCCCOCC1CCOCC1)NCCOc1ccc(C(F)(F)F)cn1. The lowest BCUT2D eigenvalue weighted by Gasteiger charge is -2.21. The Morgan fingerprint density at radius 3 is 2.70 bits per heavy atom. The summed E-state index contributed by atoms with van der Waals surface area (Å²) in [6.07, 6.45) is -0.683. The van der Waals surface area contributed by atoms with Gasteiger partial charge in [-0.05, 0) is 38.2 Å². The summed E-state index contributed by atoms with van der Waals surface area (Å²) in [5.41, 5.74) is -0.800. The van der Waals surface area contributed by atoms with Crippen molar-refractivity contribution < 1.29 is 27.4 Å². The number of aliphatic imine (C=N–C) groups is 1. The summed E-state index contributed by atoms with van der Waals surface area (Å²) in [5.74, 6) is 1.40. The Bertz CT molecular complexity index is 621. The predicted octanol–water partition coefficient (Wildman–Crippen LogP) is 2.87. The van der Waals surface area contributed by atoms with Crippen molar-refractivity contribution in [1.82, 2.24) is 15.6 Å². The Morgan fingerprint density at radius 1 is 1.23 bits per heavy atom. The van der Waals surface area contributed by atoms with Gasteiger partial charge < -0.3 is 24.8 Å². The molecule has 0 amide bonds. The van der Waals surface area contributed by atoms with E-state index in [1.807, 2.05) is 6.92 Å². The van der Waals surface area contributed by atoms with Crippen LogP contribution < -0.4 is 15.4 Å². The molecule has 0 radical (unpaired) electrons. The first-order valence-corrected chi connectivity index (χ1v) is 10.3. The van der Waals surface area contributed by atoms with Gasteiger partial charge in [-0.1, -0.05) is 0 Å². The number of rotatable bonds is 11. The molecule has 2 heterocycles. The fraction of sp³-hybridized carbons (Fsp3) is 0.700. The Hall–Kier alpha value is -2.07. The second-order valence-electron chi connectivity index (χ2n) is 6.90. The van der Waals surface area contributed by atoms with Gasteiger partial charge >= 0.3 is 6.18 Å².